The predicted octanol–water partition coefficient (Wildman–Crippen LogP) is 1.32. The van der Waals surface area contributed by atoms with Gasteiger partial charge in [-0.1, -0.05) is 6.07 Å². The van der Waals surface area contributed by atoms with E-state index < -0.39 is 0 Å². The molecule has 2 heterocycles. The van der Waals surface area contributed by atoms with Crippen LogP contribution in [0.2, 0.25) is 0 Å². The lowest BCUT2D eigenvalue weighted by atomic mass is 10.1. The third-order valence-electron chi connectivity index (χ3n) is 3.55. The molecule has 1 aromatic heterocycles. The summed E-state index contributed by atoms with van der Waals surface area (Å²) in [5, 5.41) is 9.99. The van der Waals surface area contributed by atoms with Crippen LogP contribution in [0.3, 0.4) is 0 Å². The summed E-state index contributed by atoms with van der Waals surface area (Å²) < 4.78 is 10.5. The standard InChI is InChI=1S/C15H19N5O3/c1-9(16-7-14-18-15(19-23-14)20(2)3)10-4-5-12-11(6-10)17-13(21)8-22-12/h4-6,9,16H,7-8H2,1-3H3,(H,17,21). The van der Waals surface area contributed by atoms with Crippen LogP contribution >= 0.6 is 0 Å². The molecule has 0 fully saturated rings. The monoisotopic (exact) mass is 317 g/mol. The first-order valence-corrected chi connectivity index (χ1v) is 7.33. The fraction of sp³-hybridized carbons (Fsp3) is 0.400. The molecule has 1 aromatic carbocycles. The lowest BCUT2D eigenvalue weighted by Crippen LogP contribution is -2.26. The molecule has 1 unspecified atom stereocenters. The Balaban J connectivity index is 1.64. The van der Waals surface area contributed by atoms with Crippen molar-refractivity contribution in [3.8, 4) is 5.75 Å². The summed E-state index contributed by atoms with van der Waals surface area (Å²) in [4.78, 5) is 17.4. The predicted molar refractivity (Wildman–Crippen MR) is 84.4 cm³/mol. The molecule has 1 amide bonds. The van der Waals surface area contributed by atoms with Gasteiger partial charge in [0.1, 0.15) is 5.75 Å². The van der Waals surface area contributed by atoms with Crippen LogP contribution in [-0.2, 0) is 11.3 Å². The van der Waals surface area contributed by atoms with Gasteiger partial charge in [0, 0.05) is 20.1 Å². The van der Waals surface area contributed by atoms with E-state index in [1.165, 1.54) is 0 Å². The van der Waals surface area contributed by atoms with Crippen LogP contribution in [-0.4, -0.2) is 36.8 Å². The van der Waals surface area contributed by atoms with Crippen LogP contribution < -0.4 is 20.3 Å². The van der Waals surface area contributed by atoms with E-state index in [4.69, 9.17) is 9.26 Å². The molecule has 1 aliphatic rings. The molecule has 0 aliphatic carbocycles. The molecule has 1 atom stereocenters. The minimum atomic E-state index is -0.141. The van der Waals surface area contributed by atoms with Crippen molar-refractivity contribution in [3.05, 3.63) is 29.7 Å². The largest absolute Gasteiger partial charge is 0.482 e. The fourth-order valence-electron chi connectivity index (χ4n) is 2.23. The fourth-order valence-corrected chi connectivity index (χ4v) is 2.23. The third-order valence-corrected chi connectivity index (χ3v) is 3.55. The lowest BCUT2D eigenvalue weighted by molar-refractivity contribution is -0.118. The van der Waals surface area contributed by atoms with E-state index >= 15 is 0 Å². The number of aromatic nitrogens is 2. The summed E-state index contributed by atoms with van der Waals surface area (Å²) in [7, 11) is 3.71. The van der Waals surface area contributed by atoms with E-state index in [1.807, 2.05) is 39.2 Å². The maximum atomic E-state index is 11.4. The second kappa shape index (κ2) is 6.25. The molecular formula is C15H19N5O3. The number of amides is 1. The highest BCUT2D eigenvalue weighted by Gasteiger charge is 2.17. The number of fused-ring (bicyclic) bond motifs is 1. The summed E-state index contributed by atoms with van der Waals surface area (Å²) >= 11 is 0. The summed E-state index contributed by atoms with van der Waals surface area (Å²) in [5.74, 6) is 1.61. The van der Waals surface area contributed by atoms with E-state index in [0.29, 0.717) is 29.8 Å². The molecule has 8 nitrogen and oxygen atoms in total. The highest BCUT2D eigenvalue weighted by molar-refractivity contribution is 5.95. The summed E-state index contributed by atoms with van der Waals surface area (Å²) in [6.07, 6.45) is 0. The van der Waals surface area contributed by atoms with Crippen molar-refractivity contribution in [2.24, 2.45) is 0 Å². The van der Waals surface area contributed by atoms with E-state index in [-0.39, 0.29) is 18.6 Å². The smallest absolute Gasteiger partial charge is 0.265 e. The van der Waals surface area contributed by atoms with Crippen LogP contribution in [0, 0.1) is 0 Å². The van der Waals surface area contributed by atoms with Gasteiger partial charge in [-0.25, -0.2) is 0 Å². The number of carbonyl (C=O) groups is 1. The van der Waals surface area contributed by atoms with E-state index in [0.717, 1.165) is 5.56 Å². The van der Waals surface area contributed by atoms with Gasteiger partial charge in [-0.05, 0) is 29.8 Å². The van der Waals surface area contributed by atoms with Gasteiger partial charge in [0.25, 0.3) is 11.9 Å². The molecule has 2 N–H and O–H groups in total. The normalized spacial score (nSPS) is 14.7. The second-order valence-corrected chi connectivity index (χ2v) is 5.58. The summed E-state index contributed by atoms with van der Waals surface area (Å²) in [6.45, 7) is 2.55. The van der Waals surface area contributed by atoms with E-state index in [9.17, 15) is 4.79 Å². The molecule has 2 aromatic rings. The average Bonchev–Trinajstić information content (AvgIpc) is 3.01. The van der Waals surface area contributed by atoms with Crippen LogP contribution in [0.1, 0.15) is 24.4 Å². The second-order valence-electron chi connectivity index (χ2n) is 5.58. The number of nitrogens with zero attached hydrogens (tertiary/aromatic N) is 3. The first-order valence-electron chi connectivity index (χ1n) is 7.33. The molecule has 0 radical (unpaired) electrons. The first kappa shape index (κ1) is 15.3. The molecule has 122 valence electrons. The average molecular weight is 317 g/mol. The van der Waals surface area contributed by atoms with Crippen molar-refractivity contribution in [3.63, 3.8) is 0 Å². The van der Waals surface area contributed by atoms with E-state index in [2.05, 4.69) is 20.8 Å². The molecule has 0 bridgehead atoms. The zero-order valence-electron chi connectivity index (χ0n) is 13.3. The van der Waals surface area contributed by atoms with Gasteiger partial charge >= 0.3 is 0 Å². The Morgan fingerprint density at radius 2 is 2.26 bits per heavy atom. The van der Waals surface area contributed by atoms with Crippen molar-refractivity contribution in [2.45, 2.75) is 19.5 Å². The minimum Gasteiger partial charge on any atom is -0.482 e. The lowest BCUT2D eigenvalue weighted by Gasteiger charge is -2.20. The third kappa shape index (κ3) is 3.42. The molecule has 0 saturated carbocycles. The van der Waals surface area contributed by atoms with Crippen LogP contribution in [0.15, 0.2) is 22.7 Å². The maximum Gasteiger partial charge on any atom is 0.265 e. The Kier molecular flexibility index (Phi) is 4.16. The summed E-state index contributed by atoms with van der Waals surface area (Å²) in [5.41, 5.74) is 1.72. The highest BCUT2D eigenvalue weighted by atomic mass is 16.5. The number of hydrogen-bond donors (Lipinski definition) is 2. The Morgan fingerprint density at radius 1 is 1.43 bits per heavy atom. The number of benzene rings is 1. The molecule has 23 heavy (non-hydrogen) atoms. The zero-order chi connectivity index (χ0) is 16.4. The SMILES string of the molecule is CC(NCc1nc(N(C)C)no1)c1ccc2c(c1)NC(=O)CO2. The van der Waals surface area contributed by atoms with Gasteiger partial charge in [0.15, 0.2) is 6.61 Å². The van der Waals surface area contributed by atoms with Crippen LogP contribution in [0.5, 0.6) is 5.75 Å². The van der Waals surface area contributed by atoms with Crippen molar-refractivity contribution in [1.82, 2.24) is 15.5 Å². The number of rotatable bonds is 5. The maximum absolute atomic E-state index is 11.4. The van der Waals surface area contributed by atoms with E-state index in [1.54, 1.807) is 4.90 Å². The van der Waals surface area contributed by atoms with Crippen molar-refractivity contribution in [1.29, 1.82) is 0 Å². The van der Waals surface area contributed by atoms with Gasteiger partial charge < -0.3 is 24.8 Å². The zero-order valence-corrected chi connectivity index (χ0v) is 13.3. The van der Waals surface area contributed by atoms with Crippen molar-refractivity contribution >= 4 is 17.5 Å². The minimum absolute atomic E-state index is 0.0498. The highest BCUT2D eigenvalue weighted by Crippen LogP contribution is 2.30. The number of hydrogen-bond acceptors (Lipinski definition) is 7. The molecule has 0 spiro atoms. The van der Waals surface area contributed by atoms with Crippen molar-refractivity contribution < 1.29 is 14.1 Å². The quantitative estimate of drug-likeness (QED) is 0.859. The molecule has 8 heteroatoms. The number of anilines is 2. The molecule has 3 rings (SSSR count). The number of nitrogens with one attached hydrogen (secondary N) is 2. The van der Waals surface area contributed by atoms with Gasteiger partial charge in [0.2, 0.25) is 5.89 Å². The van der Waals surface area contributed by atoms with Gasteiger partial charge in [-0.2, -0.15) is 4.98 Å². The Morgan fingerprint density at radius 3 is 3.00 bits per heavy atom. The van der Waals surface area contributed by atoms with Gasteiger partial charge in [-0.3, -0.25) is 4.79 Å². The molecule has 0 saturated heterocycles. The van der Waals surface area contributed by atoms with Crippen LogP contribution in [0.4, 0.5) is 11.6 Å². The number of ether oxygens (including phenoxy) is 1. The number of carbonyl (C=O) groups excluding carboxylic acids is 1. The van der Waals surface area contributed by atoms with Crippen molar-refractivity contribution in [2.75, 3.05) is 30.9 Å². The Labute approximate surface area is 133 Å². The first-order chi connectivity index (χ1) is 11.0. The van der Waals surface area contributed by atoms with Gasteiger partial charge in [0.05, 0.1) is 12.2 Å². The topological polar surface area (TPSA) is 92.5 Å². The Bertz CT molecular complexity index is 713. The Hall–Kier alpha value is -2.61. The summed E-state index contributed by atoms with van der Waals surface area (Å²) in [6, 6.07) is 5.78. The molecule has 1 aliphatic heterocycles. The van der Waals surface area contributed by atoms with Gasteiger partial charge in [-0.15, -0.1) is 0 Å². The van der Waals surface area contributed by atoms with Crippen LogP contribution in [0.25, 0.3) is 0 Å². The molecular weight excluding hydrogens is 298 g/mol.